The van der Waals surface area contributed by atoms with E-state index in [1.165, 1.54) is 0 Å². The molecule has 0 unspecified atom stereocenters. The maximum atomic E-state index is 12.2. The van der Waals surface area contributed by atoms with E-state index in [0.29, 0.717) is 29.3 Å². The van der Waals surface area contributed by atoms with Crippen molar-refractivity contribution in [1.82, 2.24) is 4.90 Å². The summed E-state index contributed by atoms with van der Waals surface area (Å²) < 4.78 is 5.57. The molecule has 0 spiro atoms. The average molecular weight is 389 g/mol. The van der Waals surface area contributed by atoms with Crippen molar-refractivity contribution < 1.29 is 14.3 Å². The first-order valence-electron chi connectivity index (χ1n) is 8.74. The van der Waals surface area contributed by atoms with E-state index >= 15 is 0 Å². The number of carbonyl (C=O) groups excluding carboxylic acids is 2. The van der Waals surface area contributed by atoms with Crippen LogP contribution in [0.4, 0.5) is 5.69 Å². The molecule has 0 aromatic heterocycles. The van der Waals surface area contributed by atoms with Crippen LogP contribution >= 0.6 is 11.6 Å². The van der Waals surface area contributed by atoms with Crippen LogP contribution in [-0.4, -0.2) is 37.4 Å². The van der Waals surface area contributed by atoms with E-state index in [-0.39, 0.29) is 18.4 Å². The third kappa shape index (κ3) is 6.29. The number of amides is 2. The highest BCUT2D eigenvalue weighted by Gasteiger charge is 2.08. The molecular weight excluding hydrogens is 364 g/mol. The Kier molecular flexibility index (Phi) is 7.25. The molecule has 2 amide bonds. The van der Waals surface area contributed by atoms with Gasteiger partial charge in [0.25, 0.3) is 5.91 Å². The number of hydrogen-bond acceptors (Lipinski definition) is 3. The number of anilines is 1. The Bertz CT molecular complexity index is 811. The van der Waals surface area contributed by atoms with Gasteiger partial charge in [0, 0.05) is 31.2 Å². The first-order chi connectivity index (χ1) is 12.8. The van der Waals surface area contributed by atoms with Crippen molar-refractivity contribution in [3.05, 3.63) is 58.1 Å². The zero-order valence-electron chi connectivity index (χ0n) is 16.1. The van der Waals surface area contributed by atoms with E-state index in [9.17, 15) is 9.59 Å². The van der Waals surface area contributed by atoms with E-state index in [0.717, 1.165) is 16.7 Å². The van der Waals surface area contributed by atoms with Gasteiger partial charge in [0.05, 0.1) is 0 Å². The second-order valence-corrected chi connectivity index (χ2v) is 7.07. The highest BCUT2D eigenvalue weighted by atomic mass is 35.5. The van der Waals surface area contributed by atoms with Gasteiger partial charge >= 0.3 is 0 Å². The second-order valence-electron chi connectivity index (χ2n) is 6.70. The van der Waals surface area contributed by atoms with Crippen LogP contribution in [0.1, 0.15) is 23.1 Å². The minimum absolute atomic E-state index is 0.0754. The molecule has 27 heavy (non-hydrogen) atoms. The highest BCUT2D eigenvalue weighted by molar-refractivity contribution is 6.32. The summed E-state index contributed by atoms with van der Waals surface area (Å²) >= 11 is 6.14. The average Bonchev–Trinajstić information content (AvgIpc) is 2.62. The molecule has 2 rings (SSSR count). The molecule has 0 heterocycles. The summed E-state index contributed by atoms with van der Waals surface area (Å²) in [7, 11) is 3.48. The number of benzene rings is 2. The van der Waals surface area contributed by atoms with Crippen LogP contribution in [0.15, 0.2) is 36.4 Å². The van der Waals surface area contributed by atoms with E-state index in [4.69, 9.17) is 16.3 Å². The Hall–Kier alpha value is -2.53. The highest BCUT2D eigenvalue weighted by Crippen LogP contribution is 2.25. The molecule has 2 aromatic carbocycles. The summed E-state index contributed by atoms with van der Waals surface area (Å²) in [6, 6.07) is 11.1. The number of carbonyl (C=O) groups is 2. The van der Waals surface area contributed by atoms with Crippen molar-refractivity contribution >= 4 is 29.1 Å². The number of rotatable bonds is 7. The molecule has 1 N–H and O–H groups in total. The Morgan fingerprint density at radius 1 is 1.11 bits per heavy atom. The van der Waals surface area contributed by atoms with Crippen LogP contribution in [0.5, 0.6) is 5.75 Å². The molecule has 0 aliphatic carbocycles. The minimum Gasteiger partial charge on any atom is -0.484 e. The molecule has 0 fully saturated rings. The minimum atomic E-state index is -0.248. The van der Waals surface area contributed by atoms with Gasteiger partial charge in [0.1, 0.15) is 5.75 Å². The predicted molar refractivity (Wildman–Crippen MR) is 109 cm³/mol. The molecule has 0 atom stereocenters. The first-order valence-corrected chi connectivity index (χ1v) is 9.12. The monoisotopic (exact) mass is 388 g/mol. The number of nitrogens with one attached hydrogen (secondary N) is 1. The fraction of sp³-hybridized carbons (Fsp3) is 0.333. The van der Waals surface area contributed by atoms with E-state index in [2.05, 4.69) is 5.32 Å². The van der Waals surface area contributed by atoms with Gasteiger partial charge < -0.3 is 15.0 Å². The standard InChI is InChI=1S/C21H25ClN2O3/c1-14-10-18(11-15(2)21(14)22)27-13-19(25)23-17-7-5-6-16(12-17)8-9-20(26)24(3)4/h5-7,10-12H,8-9,13H2,1-4H3,(H,23,25). The van der Waals surface area contributed by atoms with Gasteiger partial charge in [-0.05, 0) is 61.2 Å². The SMILES string of the molecule is Cc1cc(OCC(=O)Nc2cccc(CCC(=O)N(C)C)c2)cc(C)c1Cl. The summed E-state index contributed by atoms with van der Waals surface area (Å²) in [5, 5.41) is 3.52. The van der Waals surface area contributed by atoms with Crippen molar-refractivity contribution in [1.29, 1.82) is 0 Å². The molecule has 0 aliphatic rings. The lowest BCUT2D eigenvalue weighted by molar-refractivity contribution is -0.128. The van der Waals surface area contributed by atoms with Gasteiger partial charge in [0.15, 0.2) is 6.61 Å². The van der Waals surface area contributed by atoms with E-state index in [1.54, 1.807) is 19.0 Å². The zero-order valence-corrected chi connectivity index (χ0v) is 16.9. The van der Waals surface area contributed by atoms with Gasteiger partial charge in [-0.3, -0.25) is 9.59 Å². The second kappa shape index (κ2) is 9.42. The summed E-state index contributed by atoms with van der Waals surface area (Å²) in [5.41, 5.74) is 3.49. The molecule has 144 valence electrons. The first kappa shape index (κ1) is 20.8. The van der Waals surface area contributed by atoms with E-state index in [1.807, 2.05) is 50.2 Å². The fourth-order valence-electron chi connectivity index (χ4n) is 2.61. The lowest BCUT2D eigenvalue weighted by atomic mass is 10.1. The molecular formula is C21H25ClN2O3. The Labute approximate surface area is 165 Å². The van der Waals surface area contributed by atoms with Crippen molar-refractivity contribution in [3.8, 4) is 5.75 Å². The summed E-state index contributed by atoms with van der Waals surface area (Å²) in [6.07, 6.45) is 1.06. The van der Waals surface area contributed by atoms with Gasteiger partial charge in [0.2, 0.25) is 5.91 Å². The number of nitrogens with zero attached hydrogens (tertiary/aromatic N) is 1. The van der Waals surface area contributed by atoms with Crippen molar-refractivity contribution in [2.24, 2.45) is 0 Å². The maximum Gasteiger partial charge on any atom is 0.262 e. The molecule has 5 nitrogen and oxygen atoms in total. The zero-order chi connectivity index (χ0) is 20.0. The van der Waals surface area contributed by atoms with Gasteiger partial charge in [-0.25, -0.2) is 0 Å². The Morgan fingerprint density at radius 2 is 1.78 bits per heavy atom. The number of halogens is 1. The van der Waals surface area contributed by atoms with Crippen molar-refractivity contribution in [2.75, 3.05) is 26.0 Å². The van der Waals surface area contributed by atoms with Crippen LogP contribution in [0, 0.1) is 13.8 Å². The van der Waals surface area contributed by atoms with Crippen LogP contribution in [-0.2, 0) is 16.0 Å². The van der Waals surface area contributed by atoms with Gasteiger partial charge in [-0.15, -0.1) is 0 Å². The Morgan fingerprint density at radius 3 is 2.41 bits per heavy atom. The lowest BCUT2D eigenvalue weighted by Gasteiger charge is -2.12. The van der Waals surface area contributed by atoms with Crippen molar-refractivity contribution in [3.63, 3.8) is 0 Å². The number of aryl methyl sites for hydroxylation is 3. The molecule has 0 aliphatic heterocycles. The largest absolute Gasteiger partial charge is 0.484 e. The quantitative estimate of drug-likeness (QED) is 0.780. The summed E-state index contributed by atoms with van der Waals surface area (Å²) in [4.78, 5) is 25.4. The van der Waals surface area contributed by atoms with Crippen molar-refractivity contribution in [2.45, 2.75) is 26.7 Å². The smallest absolute Gasteiger partial charge is 0.262 e. The number of ether oxygens (including phenoxy) is 1. The topological polar surface area (TPSA) is 58.6 Å². The molecule has 0 bridgehead atoms. The van der Waals surface area contributed by atoms with Crippen LogP contribution in [0.3, 0.4) is 0 Å². The third-order valence-corrected chi connectivity index (χ3v) is 4.71. The van der Waals surface area contributed by atoms with Crippen LogP contribution in [0.2, 0.25) is 5.02 Å². The molecule has 0 radical (unpaired) electrons. The lowest BCUT2D eigenvalue weighted by Crippen LogP contribution is -2.22. The maximum absolute atomic E-state index is 12.2. The summed E-state index contributed by atoms with van der Waals surface area (Å²) in [5.74, 6) is 0.439. The summed E-state index contributed by atoms with van der Waals surface area (Å²) in [6.45, 7) is 3.70. The molecule has 0 saturated heterocycles. The molecule has 6 heteroatoms. The van der Waals surface area contributed by atoms with E-state index < -0.39 is 0 Å². The van der Waals surface area contributed by atoms with Gasteiger partial charge in [-0.1, -0.05) is 23.7 Å². The van der Waals surface area contributed by atoms with Crippen LogP contribution < -0.4 is 10.1 Å². The fourth-order valence-corrected chi connectivity index (χ4v) is 2.72. The Balaban J connectivity index is 1.90. The normalized spacial score (nSPS) is 10.4. The molecule has 0 saturated carbocycles. The third-order valence-electron chi connectivity index (χ3n) is 4.12. The van der Waals surface area contributed by atoms with Gasteiger partial charge in [-0.2, -0.15) is 0 Å². The predicted octanol–water partition coefficient (Wildman–Crippen LogP) is 4.00. The number of hydrogen-bond donors (Lipinski definition) is 1. The van der Waals surface area contributed by atoms with Crippen LogP contribution in [0.25, 0.3) is 0 Å². The molecule has 2 aromatic rings.